The highest BCUT2D eigenvalue weighted by atomic mass is 16.3. The summed E-state index contributed by atoms with van der Waals surface area (Å²) in [5, 5.41) is 15.1. The molecule has 29 heavy (non-hydrogen) atoms. The average Bonchev–Trinajstić information content (AvgIpc) is 3.18. The van der Waals surface area contributed by atoms with Gasteiger partial charge in [0.15, 0.2) is 5.65 Å². The van der Waals surface area contributed by atoms with Gasteiger partial charge >= 0.3 is 0 Å². The number of aliphatic hydroxyl groups is 1. The van der Waals surface area contributed by atoms with E-state index in [9.17, 15) is 5.11 Å². The lowest BCUT2D eigenvalue weighted by atomic mass is 10.1. The fourth-order valence-corrected chi connectivity index (χ4v) is 4.05. The summed E-state index contributed by atoms with van der Waals surface area (Å²) in [6.07, 6.45) is 1.51. The number of fused-ring (bicyclic) bond motifs is 1. The van der Waals surface area contributed by atoms with Gasteiger partial charge in [-0.05, 0) is 25.8 Å². The predicted molar refractivity (Wildman–Crippen MR) is 116 cm³/mol. The zero-order chi connectivity index (χ0) is 19.8. The highest BCUT2D eigenvalue weighted by Gasteiger charge is 2.22. The predicted octanol–water partition coefficient (Wildman–Crippen LogP) is 4.33. The van der Waals surface area contributed by atoms with Gasteiger partial charge in [-0.25, -0.2) is 4.98 Å². The molecule has 5 rings (SSSR count). The van der Waals surface area contributed by atoms with Gasteiger partial charge in [0.05, 0.1) is 17.5 Å². The lowest BCUT2D eigenvalue weighted by Gasteiger charge is -2.32. The molecule has 1 saturated heterocycles. The number of aliphatic hydroxyl groups excluding tert-OH is 1. The topological polar surface area (TPSA) is 53.7 Å². The maximum absolute atomic E-state index is 10.2. The molecule has 3 heterocycles. The zero-order valence-electron chi connectivity index (χ0n) is 16.5. The molecular formula is C24H24N4O. The van der Waals surface area contributed by atoms with Gasteiger partial charge in [0.2, 0.25) is 0 Å². The first-order chi connectivity index (χ1) is 14.2. The molecule has 0 amide bonds. The van der Waals surface area contributed by atoms with Crippen molar-refractivity contribution in [3.8, 4) is 22.5 Å². The van der Waals surface area contributed by atoms with Crippen molar-refractivity contribution in [2.75, 3.05) is 18.0 Å². The van der Waals surface area contributed by atoms with Crippen LogP contribution in [0.15, 0.2) is 66.7 Å². The van der Waals surface area contributed by atoms with E-state index in [1.54, 1.807) is 0 Å². The van der Waals surface area contributed by atoms with Crippen LogP contribution in [-0.2, 0) is 0 Å². The second-order valence-corrected chi connectivity index (χ2v) is 7.78. The van der Waals surface area contributed by atoms with E-state index in [-0.39, 0.29) is 6.10 Å². The number of hydrogen-bond acceptors (Lipinski definition) is 4. The zero-order valence-corrected chi connectivity index (χ0v) is 16.5. The van der Waals surface area contributed by atoms with Gasteiger partial charge < -0.3 is 10.0 Å². The van der Waals surface area contributed by atoms with Crippen LogP contribution in [0, 0.1) is 6.92 Å². The Hall–Kier alpha value is -3.18. The molecule has 0 spiro atoms. The van der Waals surface area contributed by atoms with Gasteiger partial charge in [-0.3, -0.25) is 0 Å². The Labute approximate surface area is 170 Å². The molecule has 4 aromatic rings. The van der Waals surface area contributed by atoms with Crippen LogP contribution in [-0.4, -0.2) is 38.9 Å². The van der Waals surface area contributed by atoms with Crippen molar-refractivity contribution in [2.24, 2.45) is 0 Å². The van der Waals surface area contributed by atoms with E-state index < -0.39 is 0 Å². The lowest BCUT2D eigenvalue weighted by Crippen LogP contribution is -2.39. The molecule has 0 saturated carbocycles. The second-order valence-electron chi connectivity index (χ2n) is 7.78. The molecule has 1 aliphatic heterocycles. The maximum Gasteiger partial charge on any atom is 0.158 e. The molecule has 5 heteroatoms. The van der Waals surface area contributed by atoms with Crippen molar-refractivity contribution in [3.63, 3.8) is 0 Å². The standard InChI is InChI=1S/C24H24N4O/c1-17-7-5-10-19(13-17)22-14-23-25-21(18-8-3-2-4-9-18)15-24(28(23)26-22)27-12-6-11-20(29)16-27/h2-5,7-10,13-15,20,29H,6,11-12,16H2,1H3/t20-/m0/s1. The Kier molecular flexibility index (Phi) is 4.52. The Balaban J connectivity index is 1.69. The summed E-state index contributed by atoms with van der Waals surface area (Å²) in [7, 11) is 0. The number of β-amino-alcohol motifs (C(OH)–C–C–N with tert-alkyl or cyclic N) is 1. The minimum absolute atomic E-state index is 0.307. The third-order valence-corrected chi connectivity index (χ3v) is 5.51. The van der Waals surface area contributed by atoms with Gasteiger partial charge in [0, 0.05) is 36.3 Å². The van der Waals surface area contributed by atoms with E-state index in [0.717, 1.165) is 53.4 Å². The number of piperidine rings is 1. The molecular weight excluding hydrogens is 360 g/mol. The van der Waals surface area contributed by atoms with E-state index in [4.69, 9.17) is 10.1 Å². The monoisotopic (exact) mass is 384 g/mol. The smallest absolute Gasteiger partial charge is 0.158 e. The summed E-state index contributed by atoms with van der Waals surface area (Å²) in [6, 6.07) is 22.7. The van der Waals surface area contributed by atoms with E-state index in [2.05, 4.69) is 54.3 Å². The summed E-state index contributed by atoms with van der Waals surface area (Å²) in [5.74, 6) is 0.978. The van der Waals surface area contributed by atoms with Gasteiger partial charge in [-0.2, -0.15) is 9.61 Å². The minimum Gasteiger partial charge on any atom is -0.391 e. The fourth-order valence-electron chi connectivity index (χ4n) is 4.05. The van der Waals surface area contributed by atoms with Crippen molar-refractivity contribution in [3.05, 3.63) is 72.3 Å². The van der Waals surface area contributed by atoms with Crippen LogP contribution in [0.1, 0.15) is 18.4 Å². The van der Waals surface area contributed by atoms with Gasteiger partial charge in [-0.1, -0.05) is 54.1 Å². The summed E-state index contributed by atoms with van der Waals surface area (Å²) < 4.78 is 1.92. The van der Waals surface area contributed by atoms with Crippen LogP contribution in [0.3, 0.4) is 0 Å². The first-order valence-corrected chi connectivity index (χ1v) is 10.1. The molecule has 2 aromatic carbocycles. The number of aryl methyl sites for hydroxylation is 1. The molecule has 0 bridgehead atoms. The lowest BCUT2D eigenvalue weighted by molar-refractivity contribution is 0.153. The van der Waals surface area contributed by atoms with Gasteiger partial charge in [-0.15, -0.1) is 0 Å². The normalized spacial score (nSPS) is 17.0. The number of hydrogen-bond donors (Lipinski definition) is 1. The van der Waals surface area contributed by atoms with E-state index in [0.29, 0.717) is 6.54 Å². The average molecular weight is 384 g/mol. The first kappa shape index (κ1) is 17.9. The quantitative estimate of drug-likeness (QED) is 0.571. The third kappa shape index (κ3) is 3.49. The van der Waals surface area contributed by atoms with Gasteiger partial charge in [0.1, 0.15) is 5.82 Å². The number of anilines is 1. The van der Waals surface area contributed by atoms with Crippen molar-refractivity contribution in [2.45, 2.75) is 25.9 Å². The van der Waals surface area contributed by atoms with E-state index in [1.165, 1.54) is 5.56 Å². The van der Waals surface area contributed by atoms with Crippen LogP contribution in [0.5, 0.6) is 0 Å². The Morgan fingerprint density at radius 1 is 0.931 bits per heavy atom. The van der Waals surface area contributed by atoms with Crippen LogP contribution >= 0.6 is 0 Å². The molecule has 0 unspecified atom stereocenters. The molecule has 2 aromatic heterocycles. The van der Waals surface area contributed by atoms with E-state index >= 15 is 0 Å². The van der Waals surface area contributed by atoms with Crippen molar-refractivity contribution >= 4 is 11.5 Å². The summed E-state index contributed by atoms with van der Waals surface area (Å²) in [4.78, 5) is 7.12. The largest absolute Gasteiger partial charge is 0.391 e. The van der Waals surface area contributed by atoms with Crippen molar-refractivity contribution < 1.29 is 5.11 Å². The number of benzene rings is 2. The number of rotatable bonds is 3. The highest BCUT2D eigenvalue weighted by Crippen LogP contribution is 2.29. The first-order valence-electron chi connectivity index (χ1n) is 10.1. The molecule has 1 N–H and O–H groups in total. The molecule has 1 aliphatic rings. The Morgan fingerprint density at radius 2 is 1.76 bits per heavy atom. The van der Waals surface area contributed by atoms with Crippen LogP contribution in [0.4, 0.5) is 5.82 Å². The number of aromatic nitrogens is 3. The Bertz CT molecular complexity index is 1150. The summed E-state index contributed by atoms with van der Waals surface area (Å²) in [5.41, 5.74) is 6.01. The van der Waals surface area contributed by atoms with Crippen LogP contribution in [0.25, 0.3) is 28.2 Å². The second kappa shape index (κ2) is 7.33. The Morgan fingerprint density at radius 3 is 2.55 bits per heavy atom. The SMILES string of the molecule is Cc1cccc(-c2cc3nc(-c4ccccc4)cc(N4CCC[C@H](O)C4)n3n2)c1. The third-order valence-electron chi connectivity index (χ3n) is 5.51. The van der Waals surface area contributed by atoms with E-state index in [1.807, 2.05) is 28.8 Å². The number of nitrogens with zero attached hydrogens (tertiary/aromatic N) is 4. The highest BCUT2D eigenvalue weighted by molar-refractivity contribution is 5.71. The summed E-state index contributed by atoms with van der Waals surface area (Å²) in [6.45, 7) is 3.61. The molecule has 0 aliphatic carbocycles. The van der Waals surface area contributed by atoms with Gasteiger partial charge in [0.25, 0.3) is 0 Å². The molecule has 0 radical (unpaired) electrons. The molecule has 5 nitrogen and oxygen atoms in total. The minimum atomic E-state index is -0.307. The molecule has 1 atom stereocenters. The molecule has 1 fully saturated rings. The van der Waals surface area contributed by atoms with Crippen molar-refractivity contribution in [1.82, 2.24) is 14.6 Å². The maximum atomic E-state index is 10.2. The summed E-state index contributed by atoms with van der Waals surface area (Å²) >= 11 is 0. The fraction of sp³-hybridized carbons (Fsp3) is 0.250. The van der Waals surface area contributed by atoms with Crippen molar-refractivity contribution in [1.29, 1.82) is 0 Å². The van der Waals surface area contributed by atoms with Crippen LogP contribution < -0.4 is 4.90 Å². The molecule has 146 valence electrons. The van der Waals surface area contributed by atoms with Crippen LogP contribution in [0.2, 0.25) is 0 Å².